The van der Waals surface area contributed by atoms with Crippen LogP contribution in [0.1, 0.15) is 63.5 Å². The molecule has 2 aromatic rings. The van der Waals surface area contributed by atoms with Gasteiger partial charge in [0.2, 0.25) is 0 Å². The summed E-state index contributed by atoms with van der Waals surface area (Å²) in [4.78, 5) is 25.8. The van der Waals surface area contributed by atoms with E-state index in [1.807, 2.05) is 30.3 Å². The molecule has 34 heavy (non-hydrogen) atoms. The van der Waals surface area contributed by atoms with Gasteiger partial charge >= 0.3 is 5.91 Å². The quantitative estimate of drug-likeness (QED) is 0.397. The highest BCUT2D eigenvalue weighted by Gasteiger charge is 2.50. The van der Waals surface area contributed by atoms with E-state index in [0.717, 1.165) is 12.0 Å². The molecule has 5 nitrogen and oxygen atoms in total. The minimum absolute atomic E-state index is 0.0302. The Morgan fingerprint density at radius 1 is 1.18 bits per heavy atom. The van der Waals surface area contributed by atoms with Crippen LogP contribution < -0.4 is 5.73 Å². The summed E-state index contributed by atoms with van der Waals surface area (Å²) >= 11 is 0. The molecule has 1 fully saturated rings. The molecule has 1 saturated heterocycles. The lowest BCUT2D eigenvalue weighted by Crippen LogP contribution is -2.59. The summed E-state index contributed by atoms with van der Waals surface area (Å²) in [6, 6.07) is 18.0. The van der Waals surface area contributed by atoms with E-state index >= 15 is 0 Å². The van der Waals surface area contributed by atoms with Crippen molar-refractivity contribution in [1.82, 2.24) is 0 Å². The van der Waals surface area contributed by atoms with Crippen LogP contribution in [-0.4, -0.2) is 28.9 Å². The summed E-state index contributed by atoms with van der Waals surface area (Å²) in [7, 11) is 0. The Labute approximate surface area is 202 Å². The maximum Gasteiger partial charge on any atom is 0.314 e. The number of hydrogen-bond donors (Lipinski definition) is 1. The van der Waals surface area contributed by atoms with Gasteiger partial charge in [-0.05, 0) is 36.5 Å². The minimum atomic E-state index is -0.610. The van der Waals surface area contributed by atoms with E-state index in [4.69, 9.17) is 5.73 Å². The summed E-state index contributed by atoms with van der Waals surface area (Å²) < 4.78 is 13.8. The fourth-order valence-corrected chi connectivity index (χ4v) is 5.55. The molecule has 1 aliphatic rings. The summed E-state index contributed by atoms with van der Waals surface area (Å²) in [5, 5.41) is 10.1. The van der Waals surface area contributed by atoms with Gasteiger partial charge in [0.05, 0.1) is 24.4 Å². The number of hydrogen-bond acceptors (Lipinski definition) is 3. The van der Waals surface area contributed by atoms with E-state index < -0.39 is 17.4 Å². The van der Waals surface area contributed by atoms with Crippen molar-refractivity contribution in [3.05, 3.63) is 71.5 Å². The highest BCUT2D eigenvalue weighted by atomic mass is 19.1. The van der Waals surface area contributed by atoms with Crippen LogP contribution in [-0.2, 0) is 21.5 Å². The lowest BCUT2D eigenvalue weighted by atomic mass is 9.69. The lowest BCUT2D eigenvalue weighted by molar-refractivity contribution is -0.871. The number of nitrogens with two attached hydrogens (primary N) is 1. The molecule has 0 radical (unpaired) electrons. The number of likely N-dealkylation sites (tertiary alicyclic amines) is 1. The molecule has 1 aliphatic heterocycles. The Morgan fingerprint density at radius 3 is 2.53 bits per heavy atom. The molecule has 0 aliphatic carbocycles. The van der Waals surface area contributed by atoms with Gasteiger partial charge in [-0.3, -0.25) is 4.79 Å². The molecule has 180 valence electrons. The highest BCUT2D eigenvalue weighted by Crippen LogP contribution is 2.37. The van der Waals surface area contributed by atoms with Crippen LogP contribution >= 0.6 is 0 Å². The third-order valence-corrected chi connectivity index (χ3v) is 7.50. The molecular formula is C28H35FN3O2+. The molecule has 2 aromatic carbocycles. The average Bonchev–Trinajstić information content (AvgIpc) is 3.24. The van der Waals surface area contributed by atoms with Crippen molar-refractivity contribution in [2.45, 2.75) is 70.4 Å². The van der Waals surface area contributed by atoms with Crippen molar-refractivity contribution < 1.29 is 18.5 Å². The second kappa shape index (κ2) is 10.9. The molecule has 0 aromatic heterocycles. The van der Waals surface area contributed by atoms with Gasteiger partial charge < -0.3 is 5.73 Å². The van der Waals surface area contributed by atoms with Gasteiger partial charge in [0.15, 0.2) is 6.04 Å². The zero-order chi connectivity index (χ0) is 24.8. The first-order valence-corrected chi connectivity index (χ1v) is 12.2. The molecule has 3 rings (SSSR count). The van der Waals surface area contributed by atoms with Gasteiger partial charge in [0, 0.05) is 18.4 Å². The predicted molar refractivity (Wildman–Crippen MR) is 129 cm³/mol. The molecule has 0 spiro atoms. The number of quaternary nitrogens is 1. The van der Waals surface area contributed by atoms with E-state index in [0.29, 0.717) is 44.2 Å². The van der Waals surface area contributed by atoms with Crippen LogP contribution in [0.5, 0.6) is 0 Å². The molecule has 2 N–H and O–H groups in total. The number of unbranched alkanes of at least 4 members (excludes halogenated alkanes) is 1. The van der Waals surface area contributed by atoms with E-state index in [9.17, 15) is 19.2 Å². The van der Waals surface area contributed by atoms with Gasteiger partial charge in [-0.2, -0.15) is 5.26 Å². The van der Waals surface area contributed by atoms with Crippen LogP contribution in [0.15, 0.2) is 54.6 Å². The molecule has 1 heterocycles. The molecule has 6 heteroatoms. The van der Waals surface area contributed by atoms with Crippen molar-refractivity contribution in [3.8, 4) is 6.07 Å². The van der Waals surface area contributed by atoms with Crippen molar-refractivity contribution in [3.63, 3.8) is 0 Å². The molecule has 1 unspecified atom stereocenters. The molecular weight excluding hydrogens is 429 g/mol. The van der Waals surface area contributed by atoms with Gasteiger partial charge in [-0.15, -0.1) is 0 Å². The third kappa shape index (κ3) is 5.20. The first kappa shape index (κ1) is 25.6. The first-order valence-electron chi connectivity index (χ1n) is 12.2. The first-order chi connectivity index (χ1) is 16.2. The van der Waals surface area contributed by atoms with Gasteiger partial charge in [-0.1, -0.05) is 62.7 Å². The van der Waals surface area contributed by atoms with Gasteiger partial charge in [0.25, 0.3) is 5.91 Å². The van der Waals surface area contributed by atoms with E-state index in [1.165, 1.54) is 12.1 Å². The molecule has 0 saturated carbocycles. The van der Waals surface area contributed by atoms with Crippen molar-refractivity contribution in [2.24, 2.45) is 11.7 Å². The minimum Gasteiger partial charge on any atom is -0.364 e. The Hall–Kier alpha value is -3.04. The Morgan fingerprint density at radius 2 is 1.91 bits per heavy atom. The predicted octanol–water partition coefficient (Wildman–Crippen LogP) is 4.99. The summed E-state index contributed by atoms with van der Waals surface area (Å²) in [5.41, 5.74) is 6.79. The van der Waals surface area contributed by atoms with Gasteiger partial charge in [-0.25, -0.2) is 13.7 Å². The lowest BCUT2D eigenvalue weighted by Gasteiger charge is -2.36. The van der Waals surface area contributed by atoms with E-state index in [-0.39, 0.29) is 28.7 Å². The maximum atomic E-state index is 13.8. The van der Waals surface area contributed by atoms with E-state index in [2.05, 4.69) is 19.9 Å². The SMILES string of the molecule is CC(C)[C@@](C#N)(CCCCC(=O)[N@@+]1(Cc2cccc(F)c2)CCCC1C(N)=O)c1ccccc1. The van der Waals surface area contributed by atoms with Crippen LogP contribution in [0.4, 0.5) is 4.39 Å². The highest BCUT2D eigenvalue weighted by molar-refractivity contribution is 5.82. The smallest absolute Gasteiger partial charge is 0.314 e. The zero-order valence-corrected chi connectivity index (χ0v) is 20.2. The Bertz CT molecular complexity index is 1050. The van der Waals surface area contributed by atoms with Gasteiger partial charge in [0.1, 0.15) is 12.4 Å². The number of nitrogens with zero attached hydrogens (tertiary/aromatic N) is 2. The standard InChI is InChI=1S/C28H34FN3O2/c1-21(2)28(20-30,23-11-4-3-5-12-23)16-7-6-15-26(33)32(17-9-14-25(32)27(31)34)19-22-10-8-13-24(29)18-22/h3-5,8,10-13,18,21,25H,6-7,9,14-17,19H2,1-2H3,(H-,31,34)/p+1/t25?,28-,32+/m0/s1. The summed E-state index contributed by atoms with van der Waals surface area (Å²) in [6.07, 6.45) is 3.59. The number of benzene rings is 2. The number of primary amides is 1. The van der Waals surface area contributed by atoms with Crippen LogP contribution in [0.3, 0.4) is 0 Å². The van der Waals surface area contributed by atoms with Crippen LogP contribution in [0, 0.1) is 23.1 Å². The van der Waals surface area contributed by atoms with Crippen molar-refractivity contribution in [1.29, 1.82) is 5.26 Å². The Kier molecular flexibility index (Phi) is 8.22. The zero-order valence-electron chi connectivity index (χ0n) is 20.2. The number of nitriles is 1. The van der Waals surface area contributed by atoms with Crippen LogP contribution in [0.25, 0.3) is 0 Å². The number of rotatable bonds is 10. The number of carbonyl (C=O) groups is 2. The Balaban J connectivity index is 1.74. The molecule has 3 atom stereocenters. The fourth-order valence-electron chi connectivity index (χ4n) is 5.55. The average molecular weight is 465 g/mol. The number of amides is 2. The number of halogens is 1. The van der Waals surface area contributed by atoms with Crippen molar-refractivity contribution in [2.75, 3.05) is 6.54 Å². The molecule has 0 bridgehead atoms. The topological polar surface area (TPSA) is 83.9 Å². The largest absolute Gasteiger partial charge is 0.364 e. The maximum absolute atomic E-state index is 13.8. The fraction of sp³-hybridized carbons (Fsp3) is 0.464. The van der Waals surface area contributed by atoms with E-state index in [1.54, 1.807) is 12.1 Å². The molecule has 2 amide bonds. The monoisotopic (exact) mass is 464 g/mol. The second-order valence-corrected chi connectivity index (χ2v) is 9.81. The number of carbonyl (C=O) groups excluding carboxylic acids is 2. The normalized spacial score (nSPS) is 21.7. The summed E-state index contributed by atoms with van der Waals surface area (Å²) in [6.45, 7) is 4.91. The third-order valence-electron chi connectivity index (χ3n) is 7.50. The van der Waals surface area contributed by atoms with Crippen molar-refractivity contribution >= 4 is 11.8 Å². The summed E-state index contributed by atoms with van der Waals surface area (Å²) in [5.74, 6) is -0.743. The second-order valence-electron chi connectivity index (χ2n) is 9.81. The van der Waals surface area contributed by atoms with Crippen LogP contribution in [0.2, 0.25) is 0 Å².